The summed E-state index contributed by atoms with van der Waals surface area (Å²) in [5.41, 5.74) is 0.731. The Morgan fingerprint density at radius 3 is 2.27 bits per heavy atom. The van der Waals surface area contributed by atoms with Gasteiger partial charge in [0.05, 0.1) is 17.0 Å². The fourth-order valence-electron chi connectivity index (χ4n) is 2.92. The Morgan fingerprint density at radius 2 is 1.69 bits per heavy atom. The molecule has 1 aliphatic rings. The van der Waals surface area contributed by atoms with E-state index in [0.29, 0.717) is 0 Å². The van der Waals surface area contributed by atoms with Gasteiger partial charge in [-0.2, -0.15) is 4.31 Å². The van der Waals surface area contributed by atoms with Crippen LogP contribution in [0.4, 0.5) is 5.69 Å². The first-order chi connectivity index (χ1) is 12.3. The van der Waals surface area contributed by atoms with Crippen LogP contribution in [0.5, 0.6) is 0 Å². The third kappa shape index (κ3) is 3.33. The van der Waals surface area contributed by atoms with Crippen LogP contribution < -0.4 is 4.90 Å². The molecule has 1 N–H and O–H groups in total. The molecule has 7 nitrogen and oxygen atoms in total. The summed E-state index contributed by atoms with van der Waals surface area (Å²) in [5.74, 6) is -1.44. The molecule has 0 saturated carbocycles. The van der Waals surface area contributed by atoms with Crippen LogP contribution in [-0.2, 0) is 14.8 Å². The fraction of sp³-hybridized carbons (Fsp3) is 0.222. The molecule has 0 aromatic heterocycles. The highest BCUT2D eigenvalue weighted by molar-refractivity contribution is 7.89. The van der Waals surface area contributed by atoms with E-state index in [1.165, 1.54) is 24.3 Å². The zero-order chi connectivity index (χ0) is 18.9. The Bertz CT molecular complexity index is 926. The second-order valence-corrected chi connectivity index (χ2v) is 7.96. The quantitative estimate of drug-likeness (QED) is 0.881. The van der Waals surface area contributed by atoms with Crippen molar-refractivity contribution in [3.8, 4) is 0 Å². The number of aromatic carboxylic acids is 1. The van der Waals surface area contributed by atoms with Gasteiger partial charge in [-0.25, -0.2) is 13.2 Å². The number of rotatable bonds is 4. The summed E-state index contributed by atoms with van der Waals surface area (Å²) in [6, 6.07) is 13.7. The number of hydrogen-bond donors (Lipinski definition) is 1. The summed E-state index contributed by atoms with van der Waals surface area (Å²) in [6.07, 6.45) is 0. The molecular weight excluding hydrogens is 356 g/mol. The smallest absolute Gasteiger partial charge is 0.335 e. The Balaban J connectivity index is 1.85. The van der Waals surface area contributed by atoms with Crippen molar-refractivity contribution in [3.63, 3.8) is 0 Å². The van der Waals surface area contributed by atoms with Gasteiger partial charge in [0.2, 0.25) is 15.9 Å². The molecule has 1 heterocycles. The molecular formula is C18H18N2O5S. The fourth-order valence-corrected chi connectivity index (χ4v) is 4.49. The number of nitrogens with zero attached hydrogens (tertiary/aromatic N) is 2. The number of anilines is 1. The van der Waals surface area contributed by atoms with E-state index in [1.807, 2.05) is 18.2 Å². The molecule has 3 rings (SSSR count). The number of carboxylic acid groups (broad SMARTS) is 1. The van der Waals surface area contributed by atoms with Gasteiger partial charge in [0.25, 0.3) is 0 Å². The lowest BCUT2D eigenvalue weighted by Gasteiger charge is -2.38. The summed E-state index contributed by atoms with van der Waals surface area (Å²) >= 11 is 0. The summed E-state index contributed by atoms with van der Waals surface area (Å²) in [5, 5.41) is 8.93. The van der Waals surface area contributed by atoms with E-state index in [0.717, 1.165) is 9.99 Å². The summed E-state index contributed by atoms with van der Waals surface area (Å²) in [6.45, 7) is 1.72. The van der Waals surface area contributed by atoms with E-state index in [2.05, 4.69) is 0 Å². The zero-order valence-electron chi connectivity index (χ0n) is 14.1. The van der Waals surface area contributed by atoms with Gasteiger partial charge in [0, 0.05) is 18.3 Å². The molecule has 2 aromatic carbocycles. The number of carbonyl (C=O) groups excluding carboxylic acids is 1. The lowest BCUT2D eigenvalue weighted by atomic mass is 10.2. The second-order valence-electron chi connectivity index (χ2n) is 6.07. The number of piperazine rings is 1. The van der Waals surface area contributed by atoms with E-state index in [-0.39, 0.29) is 29.5 Å². The first kappa shape index (κ1) is 18.1. The lowest BCUT2D eigenvalue weighted by molar-refractivity contribution is -0.120. The third-order valence-electron chi connectivity index (χ3n) is 4.31. The number of hydrogen-bond acceptors (Lipinski definition) is 4. The van der Waals surface area contributed by atoms with Crippen LogP contribution in [0.1, 0.15) is 17.3 Å². The number of carboxylic acids is 1. The van der Waals surface area contributed by atoms with E-state index >= 15 is 0 Å². The molecule has 8 heteroatoms. The monoisotopic (exact) mass is 374 g/mol. The number of sulfonamides is 1. The maximum atomic E-state index is 12.9. The molecule has 0 bridgehead atoms. The molecule has 0 radical (unpaired) electrons. The minimum Gasteiger partial charge on any atom is -0.478 e. The minimum absolute atomic E-state index is 0.00183. The Labute approximate surface area is 151 Å². The van der Waals surface area contributed by atoms with Gasteiger partial charge in [-0.3, -0.25) is 4.79 Å². The van der Waals surface area contributed by atoms with Crippen molar-refractivity contribution in [2.75, 3.05) is 18.0 Å². The van der Waals surface area contributed by atoms with E-state index in [9.17, 15) is 18.0 Å². The van der Waals surface area contributed by atoms with Gasteiger partial charge in [0.1, 0.15) is 0 Å². The third-order valence-corrected chi connectivity index (χ3v) is 6.28. The van der Waals surface area contributed by atoms with Crippen LogP contribution in [0, 0.1) is 0 Å². The van der Waals surface area contributed by atoms with Gasteiger partial charge in [-0.15, -0.1) is 0 Å². The molecule has 136 valence electrons. The van der Waals surface area contributed by atoms with Crippen LogP contribution in [0.3, 0.4) is 0 Å². The number of para-hydroxylation sites is 1. The molecule has 1 atom stereocenters. The van der Waals surface area contributed by atoms with Crippen molar-refractivity contribution in [3.05, 3.63) is 60.2 Å². The van der Waals surface area contributed by atoms with Crippen LogP contribution in [0.2, 0.25) is 0 Å². The van der Waals surface area contributed by atoms with Crippen LogP contribution in [0.15, 0.2) is 59.5 Å². The standard InChI is InChI=1S/C18H18N2O5S/c1-13-11-19(15-5-3-2-4-6-15)17(21)12-20(13)26(24,25)16-9-7-14(8-10-16)18(22)23/h2-10,13H,11-12H2,1H3,(H,22,23)/t13-/m1/s1. The van der Waals surface area contributed by atoms with Crippen molar-refractivity contribution < 1.29 is 23.1 Å². The summed E-state index contributed by atoms with van der Waals surface area (Å²) in [4.78, 5) is 25.0. The van der Waals surface area contributed by atoms with Gasteiger partial charge in [-0.05, 0) is 43.3 Å². The minimum atomic E-state index is -3.90. The van der Waals surface area contributed by atoms with Gasteiger partial charge < -0.3 is 10.0 Å². The molecule has 0 spiro atoms. The summed E-state index contributed by atoms with van der Waals surface area (Å²) in [7, 11) is -3.90. The van der Waals surface area contributed by atoms with Gasteiger partial charge in [0.15, 0.2) is 0 Å². The van der Waals surface area contributed by atoms with Gasteiger partial charge in [-0.1, -0.05) is 18.2 Å². The SMILES string of the molecule is C[C@@H]1CN(c2ccccc2)C(=O)CN1S(=O)(=O)c1ccc(C(=O)O)cc1. The number of carbonyl (C=O) groups is 2. The van der Waals surface area contributed by atoms with Crippen LogP contribution in [0.25, 0.3) is 0 Å². The van der Waals surface area contributed by atoms with Crippen molar-refractivity contribution >= 4 is 27.6 Å². The van der Waals surface area contributed by atoms with Crippen molar-refractivity contribution in [1.82, 2.24) is 4.31 Å². The highest BCUT2D eigenvalue weighted by atomic mass is 32.2. The molecule has 1 fully saturated rings. The first-order valence-electron chi connectivity index (χ1n) is 8.01. The van der Waals surface area contributed by atoms with Crippen molar-refractivity contribution in [1.29, 1.82) is 0 Å². The van der Waals surface area contributed by atoms with E-state index in [4.69, 9.17) is 5.11 Å². The second kappa shape index (κ2) is 6.89. The normalized spacial score (nSPS) is 18.7. The van der Waals surface area contributed by atoms with Crippen molar-refractivity contribution in [2.45, 2.75) is 17.9 Å². The molecule has 0 unspecified atom stereocenters. The average Bonchev–Trinajstić information content (AvgIpc) is 2.64. The van der Waals surface area contributed by atoms with Crippen LogP contribution in [-0.4, -0.2) is 48.8 Å². The summed E-state index contributed by atoms with van der Waals surface area (Å²) < 4.78 is 26.9. The molecule has 1 amide bonds. The predicted molar refractivity (Wildman–Crippen MR) is 95.6 cm³/mol. The van der Waals surface area contributed by atoms with Gasteiger partial charge >= 0.3 is 5.97 Å². The van der Waals surface area contributed by atoms with Crippen molar-refractivity contribution in [2.24, 2.45) is 0 Å². The molecule has 26 heavy (non-hydrogen) atoms. The Hall–Kier alpha value is -2.71. The number of amides is 1. The predicted octanol–water partition coefficient (Wildman–Crippen LogP) is 1.81. The lowest BCUT2D eigenvalue weighted by Crippen LogP contribution is -2.57. The van der Waals surface area contributed by atoms with E-state index in [1.54, 1.807) is 24.0 Å². The highest BCUT2D eigenvalue weighted by Gasteiger charge is 2.38. The largest absolute Gasteiger partial charge is 0.478 e. The zero-order valence-corrected chi connectivity index (χ0v) is 14.9. The Kier molecular flexibility index (Phi) is 4.80. The highest BCUT2D eigenvalue weighted by Crippen LogP contribution is 2.25. The maximum absolute atomic E-state index is 12.9. The van der Waals surface area contributed by atoms with E-state index < -0.39 is 22.0 Å². The first-order valence-corrected chi connectivity index (χ1v) is 9.45. The van der Waals surface area contributed by atoms with Crippen LogP contribution >= 0.6 is 0 Å². The number of benzene rings is 2. The Morgan fingerprint density at radius 1 is 1.08 bits per heavy atom. The maximum Gasteiger partial charge on any atom is 0.335 e. The topological polar surface area (TPSA) is 95.0 Å². The molecule has 2 aromatic rings. The molecule has 1 aliphatic heterocycles. The molecule has 0 aliphatic carbocycles. The molecule has 1 saturated heterocycles. The average molecular weight is 374 g/mol.